The Morgan fingerprint density at radius 3 is 2.32 bits per heavy atom. The van der Waals surface area contributed by atoms with E-state index in [0.29, 0.717) is 5.54 Å². The summed E-state index contributed by atoms with van der Waals surface area (Å²) in [5.74, 6) is 0. The van der Waals surface area contributed by atoms with Crippen LogP contribution in [0.1, 0.15) is 56.9 Å². The fourth-order valence-corrected chi connectivity index (χ4v) is 4.84. The highest BCUT2D eigenvalue weighted by Crippen LogP contribution is 2.26. The van der Waals surface area contributed by atoms with Crippen molar-refractivity contribution in [2.75, 3.05) is 26.2 Å². The van der Waals surface area contributed by atoms with Crippen LogP contribution in [-0.4, -0.2) is 36.8 Å². The topological polar surface area (TPSA) is 28.5 Å². The van der Waals surface area contributed by atoms with Gasteiger partial charge in [0.15, 0.2) is 5.11 Å². The summed E-state index contributed by atoms with van der Waals surface area (Å²) >= 11 is 5.56. The summed E-state index contributed by atoms with van der Waals surface area (Å²) in [4.78, 5) is 1.85. The van der Waals surface area contributed by atoms with Gasteiger partial charge < -0.3 is 15.5 Å². The molecule has 0 spiro atoms. The first kappa shape index (κ1) is 18.7. The first-order chi connectivity index (χ1) is 12.3. The molecule has 1 aromatic rings. The van der Waals surface area contributed by atoms with E-state index in [1.165, 1.54) is 70.0 Å². The number of hydrogen-bond donors (Lipinski definition) is 3. The van der Waals surface area contributed by atoms with Gasteiger partial charge in [-0.2, -0.15) is 0 Å². The van der Waals surface area contributed by atoms with Gasteiger partial charge in [0.1, 0.15) is 5.54 Å². The molecule has 1 heterocycles. The number of quaternary nitrogens is 1. The zero-order chi connectivity index (χ0) is 17.4. The van der Waals surface area contributed by atoms with E-state index in [1.807, 2.05) is 4.90 Å². The molecule has 4 heteroatoms. The van der Waals surface area contributed by atoms with Gasteiger partial charge in [0.25, 0.3) is 0 Å². The molecule has 3 nitrogen and oxygen atoms in total. The van der Waals surface area contributed by atoms with Crippen molar-refractivity contribution in [2.45, 2.75) is 63.3 Å². The summed E-state index contributed by atoms with van der Waals surface area (Å²) < 4.78 is 0. The van der Waals surface area contributed by atoms with Gasteiger partial charge in [0.05, 0.1) is 19.6 Å². The predicted molar refractivity (Wildman–Crippen MR) is 109 cm³/mol. The lowest BCUT2D eigenvalue weighted by Gasteiger charge is -2.45. The summed E-state index contributed by atoms with van der Waals surface area (Å²) in [6.45, 7) is 4.66. The average Bonchev–Trinajstić information content (AvgIpc) is 2.69. The van der Waals surface area contributed by atoms with E-state index in [0.717, 1.165) is 24.6 Å². The third-order valence-electron chi connectivity index (χ3n) is 6.15. The minimum atomic E-state index is 0.420. The van der Waals surface area contributed by atoms with Gasteiger partial charge in [-0.05, 0) is 56.3 Å². The summed E-state index contributed by atoms with van der Waals surface area (Å²) in [5, 5.41) is 7.81. The van der Waals surface area contributed by atoms with E-state index in [-0.39, 0.29) is 0 Å². The van der Waals surface area contributed by atoms with Crippen LogP contribution < -0.4 is 15.5 Å². The van der Waals surface area contributed by atoms with Crippen LogP contribution in [0, 0.1) is 0 Å². The maximum Gasteiger partial charge on any atom is 0.166 e. The van der Waals surface area contributed by atoms with Crippen molar-refractivity contribution < 1.29 is 4.90 Å². The lowest BCUT2D eigenvalue weighted by Crippen LogP contribution is -3.22. The fourth-order valence-electron chi connectivity index (χ4n) is 4.67. The highest BCUT2D eigenvalue weighted by molar-refractivity contribution is 7.80. The molecule has 2 aliphatic rings. The van der Waals surface area contributed by atoms with Crippen LogP contribution >= 0.6 is 12.2 Å². The van der Waals surface area contributed by atoms with Crippen LogP contribution in [0.2, 0.25) is 0 Å². The van der Waals surface area contributed by atoms with Crippen molar-refractivity contribution in [3.05, 3.63) is 35.9 Å². The molecule has 3 rings (SSSR count). The van der Waals surface area contributed by atoms with E-state index in [2.05, 4.69) is 41.0 Å². The monoisotopic (exact) mass is 360 g/mol. The molecule has 2 fully saturated rings. The maximum atomic E-state index is 5.56. The van der Waals surface area contributed by atoms with Gasteiger partial charge in [0.2, 0.25) is 0 Å². The first-order valence-electron chi connectivity index (χ1n) is 10.2. The van der Waals surface area contributed by atoms with Crippen molar-refractivity contribution in [3.8, 4) is 0 Å². The Hall–Kier alpha value is -1.13. The van der Waals surface area contributed by atoms with Crippen LogP contribution in [0.3, 0.4) is 0 Å². The maximum absolute atomic E-state index is 5.56. The second-order valence-electron chi connectivity index (χ2n) is 7.85. The second-order valence-corrected chi connectivity index (χ2v) is 8.26. The first-order valence-corrected chi connectivity index (χ1v) is 10.6. The summed E-state index contributed by atoms with van der Waals surface area (Å²) in [5.41, 5.74) is 1.78. The fraction of sp³-hybridized carbons (Fsp3) is 0.667. The van der Waals surface area contributed by atoms with Crippen molar-refractivity contribution >= 4 is 17.3 Å². The van der Waals surface area contributed by atoms with Crippen molar-refractivity contribution in [1.29, 1.82) is 0 Å². The zero-order valence-electron chi connectivity index (χ0n) is 15.5. The highest BCUT2D eigenvalue weighted by atomic mass is 32.1. The molecule has 138 valence electrons. The third kappa shape index (κ3) is 5.42. The van der Waals surface area contributed by atoms with Gasteiger partial charge in [-0.15, -0.1) is 0 Å². The lowest BCUT2D eigenvalue weighted by molar-refractivity contribution is -0.957. The third-order valence-corrected chi connectivity index (χ3v) is 6.44. The molecule has 0 unspecified atom stereocenters. The van der Waals surface area contributed by atoms with Gasteiger partial charge in [0, 0.05) is 19.4 Å². The van der Waals surface area contributed by atoms with Crippen LogP contribution in [0.15, 0.2) is 30.3 Å². The molecule has 25 heavy (non-hydrogen) atoms. The second kappa shape index (κ2) is 9.54. The number of rotatable bonds is 6. The van der Waals surface area contributed by atoms with Gasteiger partial charge in [-0.1, -0.05) is 36.8 Å². The Bertz CT molecular complexity index is 519. The number of thiocarbonyl (C=S) groups is 1. The number of nitrogens with one attached hydrogen (secondary N) is 3. The molecule has 0 amide bonds. The molecular weight excluding hydrogens is 326 g/mol. The van der Waals surface area contributed by atoms with Crippen LogP contribution in [0.4, 0.5) is 0 Å². The van der Waals surface area contributed by atoms with Crippen LogP contribution in [0.5, 0.6) is 0 Å². The molecular formula is C21H34N3S+. The summed E-state index contributed by atoms with van der Waals surface area (Å²) in [7, 11) is 0. The molecule has 1 aromatic carbocycles. The SMILES string of the molecule is S=C(NCCc1ccccc1)NCC1([NH+]2CCCCC2)CCCCC1. The normalized spacial score (nSPS) is 20.8. The Morgan fingerprint density at radius 2 is 1.60 bits per heavy atom. The van der Waals surface area contributed by atoms with Crippen molar-refractivity contribution in [1.82, 2.24) is 10.6 Å². The quantitative estimate of drug-likeness (QED) is 0.681. The Morgan fingerprint density at radius 1 is 0.920 bits per heavy atom. The van der Waals surface area contributed by atoms with Crippen molar-refractivity contribution in [2.24, 2.45) is 0 Å². The number of hydrogen-bond acceptors (Lipinski definition) is 1. The Labute approximate surface area is 158 Å². The van der Waals surface area contributed by atoms with Gasteiger partial charge >= 0.3 is 0 Å². The van der Waals surface area contributed by atoms with E-state index in [1.54, 1.807) is 0 Å². The molecule has 0 aromatic heterocycles. The van der Waals surface area contributed by atoms with Crippen LogP contribution in [0.25, 0.3) is 0 Å². The molecule has 0 atom stereocenters. The highest BCUT2D eigenvalue weighted by Gasteiger charge is 2.42. The van der Waals surface area contributed by atoms with Crippen molar-refractivity contribution in [3.63, 3.8) is 0 Å². The van der Waals surface area contributed by atoms with E-state index >= 15 is 0 Å². The average molecular weight is 361 g/mol. The Balaban J connectivity index is 1.46. The smallest absolute Gasteiger partial charge is 0.166 e. The molecule has 0 radical (unpaired) electrons. The molecule has 1 saturated carbocycles. The molecule has 3 N–H and O–H groups in total. The Kier molecular flexibility index (Phi) is 7.12. The number of piperidine rings is 1. The standard InChI is InChI=1S/C21H33N3S/c25-20(22-15-12-19-10-4-1-5-11-19)23-18-21(13-6-2-7-14-21)24-16-8-3-9-17-24/h1,4-5,10-11H,2-3,6-9,12-18H2,(H2,22,23,25)/p+1. The zero-order valence-corrected chi connectivity index (χ0v) is 16.3. The predicted octanol–water partition coefficient (Wildman–Crippen LogP) is 2.46. The van der Waals surface area contributed by atoms with Gasteiger partial charge in [-0.25, -0.2) is 0 Å². The largest absolute Gasteiger partial charge is 0.362 e. The molecule has 1 aliphatic carbocycles. The number of benzene rings is 1. The minimum Gasteiger partial charge on any atom is -0.362 e. The summed E-state index contributed by atoms with van der Waals surface area (Å²) in [6.07, 6.45) is 12.2. The molecule has 0 bridgehead atoms. The van der Waals surface area contributed by atoms with E-state index in [4.69, 9.17) is 12.2 Å². The molecule has 1 aliphatic heterocycles. The lowest BCUT2D eigenvalue weighted by atomic mass is 9.79. The van der Waals surface area contributed by atoms with E-state index < -0.39 is 0 Å². The van der Waals surface area contributed by atoms with E-state index in [9.17, 15) is 0 Å². The molecule has 1 saturated heterocycles. The van der Waals surface area contributed by atoms with Crippen LogP contribution in [-0.2, 0) is 6.42 Å². The minimum absolute atomic E-state index is 0.420. The number of likely N-dealkylation sites (tertiary alicyclic amines) is 1. The van der Waals surface area contributed by atoms with Gasteiger partial charge in [-0.3, -0.25) is 0 Å². The summed E-state index contributed by atoms with van der Waals surface area (Å²) in [6, 6.07) is 10.6.